The lowest BCUT2D eigenvalue weighted by molar-refractivity contribution is -0.160. The van der Waals surface area contributed by atoms with Crippen LogP contribution in [-0.4, -0.2) is 27.0 Å². The van der Waals surface area contributed by atoms with E-state index in [-0.39, 0.29) is 5.38 Å². The van der Waals surface area contributed by atoms with Gasteiger partial charge >= 0.3 is 5.97 Å². The van der Waals surface area contributed by atoms with Crippen LogP contribution in [0.1, 0.15) is 55.7 Å². The third kappa shape index (κ3) is 4.66. The number of allylic oxidation sites excluding steroid dienone is 4. The number of pyridine rings is 1. The fourth-order valence-corrected chi connectivity index (χ4v) is 4.28. The molecule has 0 amide bonds. The minimum Gasteiger partial charge on any atom is -0.479 e. The van der Waals surface area contributed by atoms with Gasteiger partial charge < -0.3 is 9.84 Å². The van der Waals surface area contributed by atoms with Crippen molar-refractivity contribution in [3.05, 3.63) is 57.8 Å². The molecule has 2 aromatic rings. The first-order valence-corrected chi connectivity index (χ1v) is 10.3. The van der Waals surface area contributed by atoms with Gasteiger partial charge in [0, 0.05) is 28.1 Å². The summed E-state index contributed by atoms with van der Waals surface area (Å²) in [5.74, 6) is -1.04. The van der Waals surface area contributed by atoms with Gasteiger partial charge in [0.2, 0.25) is 0 Å². The number of ether oxygens (including phenoxy) is 1. The number of fused-ring (bicyclic) bond motifs is 1. The van der Waals surface area contributed by atoms with Crippen molar-refractivity contribution in [2.45, 2.75) is 58.1 Å². The van der Waals surface area contributed by atoms with Gasteiger partial charge in [0.1, 0.15) is 0 Å². The molecule has 3 rings (SSSR count). The largest absolute Gasteiger partial charge is 0.479 e. The number of hydrogen-bond donors (Lipinski definition) is 1. The monoisotopic (exact) mass is 433 g/mol. The van der Waals surface area contributed by atoms with Gasteiger partial charge in [-0.2, -0.15) is 0 Å². The second-order valence-corrected chi connectivity index (χ2v) is 9.37. The molecule has 0 spiro atoms. The zero-order chi connectivity index (χ0) is 21.5. The summed E-state index contributed by atoms with van der Waals surface area (Å²) in [4.78, 5) is 16.9. The molecule has 4 nitrogen and oxygen atoms in total. The fraction of sp³-hybridized carbons (Fsp3) is 0.391. The van der Waals surface area contributed by atoms with Gasteiger partial charge in [0.25, 0.3) is 0 Å². The maximum absolute atomic E-state index is 12.3. The molecule has 1 unspecified atom stereocenters. The lowest BCUT2D eigenvalue weighted by Crippen LogP contribution is -2.29. The highest BCUT2D eigenvalue weighted by atomic mass is 35.5. The maximum atomic E-state index is 12.3. The van der Waals surface area contributed by atoms with Gasteiger partial charge in [-0.15, -0.1) is 11.6 Å². The van der Waals surface area contributed by atoms with Crippen LogP contribution in [-0.2, 0) is 9.53 Å². The highest BCUT2D eigenvalue weighted by Gasteiger charge is 2.33. The van der Waals surface area contributed by atoms with Crippen molar-refractivity contribution in [3.8, 4) is 0 Å². The lowest BCUT2D eigenvalue weighted by atomic mass is 9.85. The van der Waals surface area contributed by atoms with Crippen LogP contribution >= 0.6 is 23.2 Å². The van der Waals surface area contributed by atoms with Gasteiger partial charge in [-0.25, -0.2) is 4.79 Å². The van der Waals surface area contributed by atoms with E-state index < -0.39 is 17.7 Å². The summed E-state index contributed by atoms with van der Waals surface area (Å²) in [6.07, 6.45) is 3.04. The highest BCUT2D eigenvalue weighted by Crippen LogP contribution is 2.42. The topological polar surface area (TPSA) is 59.4 Å². The standard InChI is InChI=1S/C23H25Cl2NO3/c1-12-10-18-16(8-6-13(2)26-18)20(15-9-7-14(24)11-17(15)25)19(12)21(22(27)28)29-23(3,4)5/h6-10,17,21H,11H2,1-5H3,(H,27,28)/t17?,21-/m0/s1. The zero-order valence-electron chi connectivity index (χ0n) is 17.2. The Morgan fingerprint density at radius 1 is 1.28 bits per heavy atom. The molecule has 1 aliphatic rings. The number of alkyl halides is 1. The predicted molar refractivity (Wildman–Crippen MR) is 119 cm³/mol. The second kappa shape index (κ2) is 8.10. The first kappa shape index (κ1) is 21.8. The summed E-state index contributed by atoms with van der Waals surface area (Å²) in [5, 5.41) is 11.2. The second-order valence-electron chi connectivity index (χ2n) is 8.36. The van der Waals surface area contributed by atoms with E-state index in [2.05, 4.69) is 4.98 Å². The molecule has 1 aromatic carbocycles. The Kier molecular flexibility index (Phi) is 6.09. The van der Waals surface area contributed by atoms with Crippen molar-refractivity contribution < 1.29 is 14.6 Å². The van der Waals surface area contributed by atoms with E-state index in [4.69, 9.17) is 27.9 Å². The molecule has 2 atom stereocenters. The molecule has 1 aliphatic carbocycles. The summed E-state index contributed by atoms with van der Waals surface area (Å²) in [7, 11) is 0. The maximum Gasteiger partial charge on any atom is 0.337 e. The summed E-state index contributed by atoms with van der Waals surface area (Å²) in [6, 6.07) is 5.80. The van der Waals surface area contributed by atoms with E-state index >= 15 is 0 Å². The van der Waals surface area contributed by atoms with Gasteiger partial charge in [-0.1, -0.05) is 23.7 Å². The number of rotatable bonds is 4. The van der Waals surface area contributed by atoms with E-state index in [1.165, 1.54) is 0 Å². The summed E-state index contributed by atoms with van der Waals surface area (Å²) in [6.45, 7) is 9.35. The summed E-state index contributed by atoms with van der Waals surface area (Å²) in [5.41, 5.74) is 4.05. The van der Waals surface area contributed by atoms with Gasteiger partial charge in [0.15, 0.2) is 6.10 Å². The van der Waals surface area contributed by atoms with Crippen LogP contribution in [0.5, 0.6) is 0 Å². The van der Waals surface area contributed by atoms with Crippen LogP contribution in [0, 0.1) is 13.8 Å². The molecule has 1 heterocycles. The lowest BCUT2D eigenvalue weighted by Gasteiger charge is -2.30. The molecular formula is C23H25Cl2NO3. The Morgan fingerprint density at radius 2 is 1.97 bits per heavy atom. The predicted octanol–water partition coefficient (Wildman–Crippen LogP) is 6.31. The van der Waals surface area contributed by atoms with Crippen LogP contribution in [0.25, 0.3) is 16.5 Å². The van der Waals surface area contributed by atoms with Gasteiger partial charge in [-0.3, -0.25) is 4.98 Å². The van der Waals surface area contributed by atoms with E-state index in [1.807, 2.05) is 65.0 Å². The van der Waals surface area contributed by atoms with Gasteiger partial charge in [0.05, 0.1) is 16.5 Å². The van der Waals surface area contributed by atoms with Crippen molar-refractivity contribution in [1.29, 1.82) is 0 Å². The number of aromatic nitrogens is 1. The van der Waals surface area contributed by atoms with E-state index in [0.29, 0.717) is 17.0 Å². The molecule has 0 bridgehead atoms. The molecule has 0 radical (unpaired) electrons. The number of halogens is 2. The number of aliphatic carboxylic acids is 1. The minimum atomic E-state index is -1.14. The SMILES string of the molecule is Cc1ccc2c(C3=CC=C(Cl)CC3Cl)c([C@H](OC(C)(C)C)C(=O)O)c(C)cc2n1. The molecule has 0 saturated carbocycles. The van der Waals surface area contributed by atoms with E-state index in [1.54, 1.807) is 0 Å². The normalized spacial score (nSPS) is 18.4. The number of nitrogens with zero attached hydrogens (tertiary/aromatic N) is 1. The number of carboxylic acids is 1. The Labute approximate surface area is 181 Å². The Morgan fingerprint density at radius 3 is 2.55 bits per heavy atom. The average molecular weight is 434 g/mol. The van der Waals surface area contributed by atoms with Crippen LogP contribution < -0.4 is 0 Å². The molecule has 0 fully saturated rings. The molecule has 29 heavy (non-hydrogen) atoms. The highest BCUT2D eigenvalue weighted by molar-refractivity contribution is 6.33. The van der Waals surface area contributed by atoms with Crippen molar-refractivity contribution in [2.75, 3.05) is 0 Å². The van der Waals surface area contributed by atoms with Crippen molar-refractivity contribution >= 4 is 45.6 Å². The van der Waals surface area contributed by atoms with Crippen molar-refractivity contribution in [3.63, 3.8) is 0 Å². The first-order valence-electron chi connectivity index (χ1n) is 9.50. The van der Waals surface area contributed by atoms with Crippen LogP contribution in [0.3, 0.4) is 0 Å². The number of carboxylic acid groups (broad SMARTS) is 1. The number of carbonyl (C=O) groups is 1. The first-order chi connectivity index (χ1) is 13.5. The Hall–Kier alpha value is -1.88. The summed E-state index contributed by atoms with van der Waals surface area (Å²) < 4.78 is 5.99. The molecule has 1 aromatic heterocycles. The molecule has 1 N–H and O–H groups in total. The van der Waals surface area contributed by atoms with Crippen LogP contribution in [0.15, 0.2) is 35.4 Å². The fourth-order valence-electron chi connectivity index (χ4n) is 3.63. The Balaban J connectivity index is 2.39. The number of aryl methyl sites for hydroxylation is 2. The van der Waals surface area contributed by atoms with Crippen LogP contribution in [0.4, 0.5) is 0 Å². The number of hydrogen-bond acceptors (Lipinski definition) is 3. The van der Waals surface area contributed by atoms with E-state index in [0.717, 1.165) is 33.3 Å². The van der Waals surface area contributed by atoms with E-state index in [9.17, 15) is 9.90 Å². The van der Waals surface area contributed by atoms with Crippen molar-refractivity contribution in [1.82, 2.24) is 4.98 Å². The Bertz CT molecular complexity index is 1030. The molecule has 0 aliphatic heterocycles. The third-order valence-corrected chi connectivity index (χ3v) is 5.45. The minimum absolute atomic E-state index is 0.373. The molecule has 154 valence electrons. The van der Waals surface area contributed by atoms with Crippen molar-refractivity contribution in [2.24, 2.45) is 0 Å². The average Bonchev–Trinajstić information content (AvgIpc) is 2.58. The summed E-state index contributed by atoms with van der Waals surface area (Å²) >= 11 is 12.9. The quantitative estimate of drug-likeness (QED) is 0.573. The van der Waals surface area contributed by atoms with Crippen LogP contribution in [0.2, 0.25) is 0 Å². The number of benzene rings is 1. The van der Waals surface area contributed by atoms with Gasteiger partial charge in [-0.05, 0) is 69.5 Å². The molecular weight excluding hydrogens is 409 g/mol. The molecule has 6 heteroatoms. The zero-order valence-corrected chi connectivity index (χ0v) is 18.7. The molecule has 0 saturated heterocycles. The third-order valence-electron chi connectivity index (χ3n) is 4.78. The smallest absolute Gasteiger partial charge is 0.337 e.